The molecule has 1 aromatic heterocycles. The Kier molecular flexibility index (Phi) is 7.11. The molecule has 1 heterocycles. The van der Waals surface area contributed by atoms with E-state index >= 15 is 0 Å². The normalized spacial score (nSPS) is 10.4. The summed E-state index contributed by atoms with van der Waals surface area (Å²) in [6, 6.07) is 9.19. The molecule has 2 rings (SSSR count). The van der Waals surface area contributed by atoms with Gasteiger partial charge in [0.25, 0.3) is 5.91 Å². The van der Waals surface area contributed by atoms with Crippen LogP contribution in [0.1, 0.15) is 35.5 Å². The number of carbonyl (C=O) groups is 1. The fraction of sp³-hybridized carbons (Fsp3) is 0.312. The van der Waals surface area contributed by atoms with Gasteiger partial charge in [-0.1, -0.05) is 12.1 Å². The second kappa shape index (κ2) is 8.58. The molecule has 0 radical (unpaired) electrons. The molecule has 6 heteroatoms. The number of benzene rings is 1. The van der Waals surface area contributed by atoms with E-state index in [1.807, 2.05) is 38.1 Å². The number of nitrogens with two attached hydrogens (primary N) is 1. The van der Waals surface area contributed by atoms with Gasteiger partial charge < -0.3 is 20.2 Å². The second-order valence-electron chi connectivity index (χ2n) is 5.02. The van der Waals surface area contributed by atoms with Crippen molar-refractivity contribution in [1.82, 2.24) is 0 Å². The molecule has 0 aliphatic carbocycles. The van der Waals surface area contributed by atoms with Crippen molar-refractivity contribution in [2.75, 3.05) is 5.32 Å². The molecule has 22 heavy (non-hydrogen) atoms. The molecular formula is C16H21ClN2O3. The monoisotopic (exact) mass is 324 g/mol. The highest BCUT2D eigenvalue weighted by Crippen LogP contribution is 2.14. The van der Waals surface area contributed by atoms with Crippen LogP contribution in [0.5, 0.6) is 0 Å². The quantitative estimate of drug-likeness (QED) is 0.854. The minimum Gasteiger partial charge on any atom is -0.467 e. The van der Waals surface area contributed by atoms with E-state index in [2.05, 4.69) is 5.32 Å². The summed E-state index contributed by atoms with van der Waals surface area (Å²) in [6.45, 7) is 4.83. The Balaban J connectivity index is 0.00000242. The number of ether oxygens (including phenoxy) is 1. The summed E-state index contributed by atoms with van der Waals surface area (Å²) in [4.78, 5) is 12.0. The van der Waals surface area contributed by atoms with Crippen molar-refractivity contribution in [3.05, 3.63) is 53.5 Å². The maximum Gasteiger partial charge on any atom is 0.258 e. The predicted molar refractivity (Wildman–Crippen MR) is 88.2 cm³/mol. The standard InChI is InChI=1S/C16H20N2O3.ClH/c1-11(2)20-9-12-3-5-14(6-4-12)18-16(19)13-7-15(8-17)21-10-13;/h3-7,10-11H,8-9,17H2,1-2H3,(H,18,19);1H. The lowest BCUT2D eigenvalue weighted by Gasteiger charge is -2.08. The van der Waals surface area contributed by atoms with Crippen molar-refractivity contribution in [1.29, 1.82) is 0 Å². The van der Waals surface area contributed by atoms with Crippen LogP contribution in [0.4, 0.5) is 5.69 Å². The van der Waals surface area contributed by atoms with Crippen LogP contribution < -0.4 is 11.1 Å². The number of amides is 1. The summed E-state index contributed by atoms with van der Waals surface area (Å²) in [7, 11) is 0. The Labute approximate surface area is 136 Å². The molecule has 0 bridgehead atoms. The van der Waals surface area contributed by atoms with Crippen LogP contribution >= 0.6 is 12.4 Å². The van der Waals surface area contributed by atoms with E-state index in [9.17, 15) is 4.79 Å². The molecule has 0 saturated heterocycles. The number of furan rings is 1. The van der Waals surface area contributed by atoms with Gasteiger partial charge in [0, 0.05) is 5.69 Å². The van der Waals surface area contributed by atoms with Crippen LogP contribution in [0, 0.1) is 0 Å². The lowest BCUT2D eigenvalue weighted by Crippen LogP contribution is -2.11. The van der Waals surface area contributed by atoms with Gasteiger partial charge in [0.1, 0.15) is 12.0 Å². The second-order valence-corrected chi connectivity index (χ2v) is 5.02. The fourth-order valence-electron chi connectivity index (χ4n) is 1.76. The highest BCUT2D eigenvalue weighted by atomic mass is 35.5. The first kappa shape index (κ1) is 18.2. The van der Waals surface area contributed by atoms with Gasteiger partial charge in [-0.05, 0) is 37.6 Å². The first-order valence-electron chi connectivity index (χ1n) is 6.88. The number of hydrogen-bond donors (Lipinski definition) is 2. The minimum atomic E-state index is -0.218. The smallest absolute Gasteiger partial charge is 0.258 e. The lowest BCUT2D eigenvalue weighted by atomic mass is 10.2. The molecule has 3 N–H and O–H groups in total. The van der Waals surface area contributed by atoms with E-state index in [-0.39, 0.29) is 31.0 Å². The van der Waals surface area contributed by atoms with Gasteiger partial charge >= 0.3 is 0 Å². The molecule has 0 fully saturated rings. The Morgan fingerprint density at radius 1 is 1.32 bits per heavy atom. The number of nitrogens with one attached hydrogen (secondary N) is 1. The zero-order chi connectivity index (χ0) is 15.2. The third-order valence-corrected chi connectivity index (χ3v) is 2.91. The van der Waals surface area contributed by atoms with E-state index in [4.69, 9.17) is 14.9 Å². The molecule has 0 unspecified atom stereocenters. The summed E-state index contributed by atoms with van der Waals surface area (Å²) >= 11 is 0. The highest BCUT2D eigenvalue weighted by molar-refractivity contribution is 6.04. The number of rotatable bonds is 6. The maximum absolute atomic E-state index is 12.0. The Bertz CT molecular complexity index is 594. The van der Waals surface area contributed by atoms with E-state index in [1.165, 1.54) is 6.26 Å². The molecule has 120 valence electrons. The number of hydrogen-bond acceptors (Lipinski definition) is 4. The van der Waals surface area contributed by atoms with Crippen LogP contribution in [0.3, 0.4) is 0 Å². The number of anilines is 1. The molecule has 0 spiro atoms. The number of carbonyl (C=O) groups excluding carboxylic acids is 1. The van der Waals surface area contributed by atoms with Gasteiger partial charge in [0.15, 0.2) is 0 Å². The summed E-state index contributed by atoms with van der Waals surface area (Å²) < 4.78 is 10.7. The fourth-order valence-corrected chi connectivity index (χ4v) is 1.76. The van der Waals surface area contributed by atoms with Gasteiger partial charge in [-0.3, -0.25) is 4.79 Å². The molecular weight excluding hydrogens is 304 g/mol. The summed E-state index contributed by atoms with van der Waals surface area (Å²) in [6.07, 6.45) is 1.60. The van der Waals surface area contributed by atoms with Crippen LogP contribution in [0.25, 0.3) is 0 Å². The molecule has 0 aliphatic heterocycles. The van der Waals surface area contributed by atoms with Crippen LogP contribution in [-0.2, 0) is 17.9 Å². The minimum absolute atomic E-state index is 0. The first-order chi connectivity index (χ1) is 10.1. The van der Waals surface area contributed by atoms with Crippen molar-refractivity contribution in [2.45, 2.75) is 33.1 Å². The average molecular weight is 325 g/mol. The van der Waals surface area contributed by atoms with Gasteiger partial charge in [0.2, 0.25) is 0 Å². The highest BCUT2D eigenvalue weighted by Gasteiger charge is 2.09. The van der Waals surface area contributed by atoms with Gasteiger partial charge in [-0.25, -0.2) is 0 Å². The molecule has 0 atom stereocenters. The van der Waals surface area contributed by atoms with Crippen LogP contribution in [0.15, 0.2) is 41.0 Å². The Morgan fingerprint density at radius 2 is 2.00 bits per heavy atom. The lowest BCUT2D eigenvalue weighted by molar-refractivity contribution is 0.0657. The van der Waals surface area contributed by atoms with E-state index < -0.39 is 0 Å². The first-order valence-corrected chi connectivity index (χ1v) is 6.88. The summed E-state index contributed by atoms with van der Waals surface area (Å²) in [5.74, 6) is 0.367. The van der Waals surface area contributed by atoms with Gasteiger partial charge in [-0.15, -0.1) is 12.4 Å². The Hall–Kier alpha value is -1.82. The molecule has 0 saturated carbocycles. The van der Waals surface area contributed by atoms with Crippen molar-refractivity contribution >= 4 is 24.0 Å². The predicted octanol–water partition coefficient (Wildman–Crippen LogP) is 3.34. The third-order valence-electron chi connectivity index (χ3n) is 2.91. The summed E-state index contributed by atoms with van der Waals surface area (Å²) in [5, 5.41) is 2.81. The number of halogens is 1. The van der Waals surface area contributed by atoms with Crippen LogP contribution in [-0.4, -0.2) is 12.0 Å². The van der Waals surface area contributed by atoms with E-state index in [0.717, 1.165) is 11.3 Å². The zero-order valence-corrected chi connectivity index (χ0v) is 13.5. The largest absolute Gasteiger partial charge is 0.467 e. The zero-order valence-electron chi connectivity index (χ0n) is 12.7. The van der Waals surface area contributed by atoms with E-state index in [0.29, 0.717) is 17.9 Å². The molecule has 0 aliphatic rings. The van der Waals surface area contributed by atoms with Crippen molar-refractivity contribution in [3.63, 3.8) is 0 Å². The SMILES string of the molecule is CC(C)OCc1ccc(NC(=O)c2coc(CN)c2)cc1.Cl. The van der Waals surface area contributed by atoms with E-state index in [1.54, 1.807) is 6.07 Å². The molecule has 1 amide bonds. The van der Waals surface area contributed by atoms with Crippen molar-refractivity contribution < 1.29 is 13.9 Å². The molecule has 2 aromatic rings. The average Bonchev–Trinajstić information content (AvgIpc) is 2.95. The van der Waals surface area contributed by atoms with Gasteiger partial charge in [-0.2, -0.15) is 0 Å². The Morgan fingerprint density at radius 3 is 2.55 bits per heavy atom. The van der Waals surface area contributed by atoms with Crippen LogP contribution in [0.2, 0.25) is 0 Å². The third kappa shape index (κ3) is 5.18. The summed E-state index contributed by atoms with van der Waals surface area (Å²) in [5.41, 5.74) is 7.70. The van der Waals surface area contributed by atoms with Gasteiger partial charge in [0.05, 0.1) is 24.8 Å². The topological polar surface area (TPSA) is 77.5 Å². The maximum atomic E-state index is 12.0. The van der Waals surface area contributed by atoms with Crippen molar-refractivity contribution in [3.8, 4) is 0 Å². The molecule has 5 nitrogen and oxygen atoms in total. The molecule has 1 aromatic carbocycles. The van der Waals surface area contributed by atoms with Crippen molar-refractivity contribution in [2.24, 2.45) is 5.73 Å².